The van der Waals surface area contributed by atoms with Crippen LogP contribution in [0.5, 0.6) is 11.5 Å². The lowest BCUT2D eigenvalue weighted by atomic mass is 10.3. The molecule has 146 valence electrons. The normalized spacial score (nSPS) is 11.5. The summed E-state index contributed by atoms with van der Waals surface area (Å²) in [6.45, 7) is 3.65. The molecule has 0 aliphatic rings. The molecule has 9 heteroatoms. The maximum Gasteiger partial charge on any atom is 0.319 e. The highest BCUT2D eigenvalue weighted by atomic mass is 32.2. The number of carbonyl (C=O) groups excluding carboxylic acids is 1. The third-order valence-corrected chi connectivity index (χ3v) is 5.32. The molecule has 4 N–H and O–H groups in total. The molecule has 0 aliphatic carbocycles. The van der Waals surface area contributed by atoms with Gasteiger partial charge in [0.2, 0.25) is 10.0 Å². The number of urea groups is 1. The number of nitrogens with one attached hydrogen (secondary N) is 2. The van der Waals surface area contributed by atoms with Gasteiger partial charge in [-0.1, -0.05) is 0 Å². The molecule has 2 aromatic rings. The van der Waals surface area contributed by atoms with Gasteiger partial charge in [0.05, 0.1) is 0 Å². The van der Waals surface area contributed by atoms with Crippen LogP contribution in [0.2, 0.25) is 0 Å². The Morgan fingerprint density at radius 1 is 1.11 bits per heavy atom. The van der Waals surface area contributed by atoms with Crippen molar-refractivity contribution in [3.05, 3.63) is 42.5 Å². The summed E-state index contributed by atoms with van der Waals surface area (Å²) in [6, 6.07) is 10.5. The number of hydrogen-bond acceptors (Lipinski definition) is 5. The van der Waals surface area contributed by atoms with Crippen LogP contribution in [0.25, 0.3) is 0 Å². The first-order chi connectivity index (χ1) is 12.6. The molecule has 0 spiro atoms. The molecule has 2 amide bonds. The fraction of sp³-hybridized carbons (Fsp3) is 0.278. The van der Waals surface area contributed by atoms with Crippen molar-refractivity contribution in [2.24, 2.45) is 0 Å². The zero-order valence-corrected chi connectivity index (χ0v) is 16.5. The predicted octanol–water partition coefficient (Wildman–Crippen LogP) is 2.84. The number of nitrogen functional groups attached to an aromatic ring is 1. The zero-order valence-electron chi connectivity index (χ0n) is 15.7. The van der Waals surface area contributed by atoms with Crippen molar-refractivity contribution >= 4 is 27.4 Å². The average Bonchev–Trinajstić information content (AvgIpc) is 2.57. The monoisotopic (exact) mass is 392 g/mol. The second kappa shape index (κ2) is 8.28. The van der Waals surface area contributed by atoms with Gasteiger partial charge in [-0.3, -0.25) is 0 Å². The van der Waals surface area contributed by atoms with Crippen molar-refractivity contribution in [2.75, 3.05) is 25.1 Å². The Morgan fingerprint density at radius 3 is 2.30 bits per heavy atom. The van der Waals surface area contributed by atoms with Crippen LogP contribution in [-0.4, -0.2) is 38.9 Å². The van der Waals surface area contributed by atoms with E-state index in [1.54, 1.807) is 30.3 Å². The summed E-state index contributed by atoms with van der Waals surface area (Å²) in [7, 11) is -0.956. The molecular formula is C18H24N4O4S. The van der Waals surface area contributed by atoms with E-state index in [-0.39, 0.29) is 16.7 Å². The summed E-state index contributed by atoms with van der Waals surface area (Å²) in [6.07, 6.45) is 0. The molecule has 2 rings (SSSR count). The SMILES string of the molecule is CC(C)NC(=O)Nc1ccc(Oc2ccc(N)cc2)c(S(=O)(=O)N(C)C)c1. The van der Waals surface area contributed by atoms with E-state index in [9.17, 15) is 13.2 Å². The van der Waals surface area contributed by atoms with Crippen molar-refractivity contribution in [2.45, 2.75) is 24.8 Å². The minimum absolute atomic E-state index is 0.0527. The Hall–Kier alpha value is -2.78. The van der Waals surface area contributed by atoms with Crippen LogP contribution < -0.4 is 21.1 Å². The number of sulfonamides is 1. The standard InChI is InChI=1S/C18H24N4O4S/c1-12(2)20-18(23)21-14-7-10-16(17(11-14)27(24,25)22(3)4)26-15-8-5-13(19)6-9-15/h5-12H,19H2,1-4H3,(H2,20,21,23). The summed E-state index contributed by atoms with van der Waals surface area (Å²) >= 11 is 0. The van der Waals surface area contributed by atoms with E-state index < -0.39 is 16.1 Å². The van der Waals surface area contributed by atoms with E-state index in [0.717, 1.165) is 4.31 Å². The van der Waals surface area contributed by atoms with Gasteiger partial charge in [-0.25, -0.2) is 17.5 Å². The van der Waals surface area contributed by atoms with Gasteiger partial charge in [-0.05, 0) is 56.3 Å². The number of rotatable bonds is 6. The predicted molar refractivity (Wildman–Crippen MR) is 106 cm³/mol. The van der Waals surface area contributed by atoms with Crippen LogP contribution in [0.15, 0.2) is 47.4 Å². The van der Waals surface area contributed by atoms with Crippen LogP contribution in [0.3, 0.4) is 0 Å². The van der Waals surface area contributed by atoms with E-state index in [1.165, 1.54) is 26.2 Å². The summed E-state index contributed by atoms with van der Waals surface area (Å²) in [5, 5.41) is 5.30. The first-order valence-electron chi connectivity index (χ1n) is 8.27. The van der Waals surface area contributed by atoms with Crippen molar-refractivity contribution in [3.8, 4) is 11.5 Å². The van der Waals surface area contributed by atoms with Crippen LogP contribution in [-0.2, 0) is 10.0 Å². The molecule has 0 bridgehead atoms. The van der Waals surface area contributed by atoms with Gasteiger partial charge in [0.1, 0.15) is 16.4 Å². The van der Waals surface area contributed by atoms with Gasteiger partial charge in [0, 0.05) is 31.5 Å². The molecular weight excluding hydrogens is 368 g/mol. The van der Waals surface area contributed by atoms with Crippen molar-refractivity contribution < 1.29 is 17.9 Å². The van der Waals surface area contributed by atoms with Crippen LogP contribution in [0, 0.1) is 0 Å². The van der Waals surface area contributed by atoms with Crippen LogP contribution in [0.4, 0.5) is 16.2 Å². The van der Waals surface area contributed by atoms with Crippen LogP contribution >= 0.6 is 0 Å². The molecule has 0 fully saturated rings. The number of amides is 2. The third kappa shape index (κ3) is 5.35. The van der Waals surface area contributed by atoms with Gasteiger partial charge in [0.15, 0.2) is 0 Å². The topological polar surface area (TPSA) is 114 Å². The number of benzene rings is 2. The third-order valence-electron chi connectivity index (χ3n) is 3.49. The minimum atomic E-state index is -3.81. The molecule has 0 radical (unpaired) electrons. The molecule has 2 aromatic carbocycles. The highest BCUT2D eigenvalue weighted by Gasteiger charge is 2.24. The van der Waals surface area contributed by atoms with Gasteiger partial charge in [-0.2, -0.15) is 0 Å². The summed E-state index contributed by atoms with van der Waals surface area (Å²) in [5.41, 5.74) is 6.56. The number of nitrogens with zero attached hydrogens (tertiary/aromatic N) is 1. The molecule has 0 saturated heterocycles. The maximum absolute atomic E-state index is 12.7. The van der Waals surface area contributed by atoms with Gasteiger partial charge in [-0.15, -0.1) is 0 Å². The Balaban J connectivity index is 2.41. The number of hydrogen-bond donors (Lipinski definition) is 3. The lowest BCUT2D eigenvalue weighted by Gasteiger charge is -2.17. The van der Waals surface area contributed by atoms with E-state index in [2.05, 4.69) is 10.6 Å². The molecule has 0 unspecified atom stereocenters. The van der Waals surface area contributed by atoms with Gasteiger partial charge in [0.25, 0.3) is 0 Å². The quantitative estimate of drug-likeness (QED) is 0.654. The Bertz CT molecular complexity index is 909. The minimum Gasteiger partial charge on any atom is -0.456 e. The molecule has 0 aromatic heterocycles. The molecule has 0 aliphatic heterocycles. The highest BCUT2D eigenvalue weighted by Crippen LogP contribution is 2.33. The fourth-order valence-corrected chi connectivity index (χ4v) is 3.19. The summed E-state index contributed by atoms with van der Waals surface area (Å²) in [4.78, 5) is 11.8. The van der Waals surface area contributed by atoms with E-state index in [0.29, 0.717) is 17.1 Å². The van der Waals surface area contributed by atoms with Gasteiger partial charge >= 0.3 is 6.03 Å². The molecule has 0 atom stereocenters. The fourth-order valence-electron chi connectivity index (χ4n) is 2.16. The number of carbonyl (C=O) groups is 1. The molecule has 0 saturated carbocycles. The molecule has 0 heterocycles. The van der Waals surface area contributed by atoms with Crippen molar-refractivity contribution in [3.63, 3.8) is 0 Å². The Labute approximate surface area is 159 Å². The summed E-state index contributed by atoms with van der Waals surface area (Å²) in [5.74, 6) is 0.584. The Kier molecular flexibility index (Phi) is 6.29. The van der Waals surface area contributed by atoms with E-state index in [1.807, 2.05) is 13.8 Å². The number of ether oxygens (including phenoxy) is 1. The van der Waals surface area contributed by atoms with E-state index in [4.69, 9.17) is 10.5 Å². The van der Waals surface area contributed by atoms with Crippen molar-refractivity contribution in [1.82, 2.24) is 9.62 Å². The van der Waals surface area contributed by atoms with E-state index >= 15 is 0 Å². The lowest BCUT2D eigenvalue weighted by molar-refractivity contribution is 0.250. The lowest BCUT2D eigenvalue weighted by Crippen LogP contribution is -2.34. The first-order valence-corrected chi connectivity index (χ1v) is 9.71. The molecule has 8 nitrogen and oxygen atoms in total. The Morgan fingerprint density at radius 2 is 1.74 bits per heavy atom. The second-order valence-corrected chi connectivity index (χ2v) is 8.49. The average molecular weight is 392 g/mol. The van der Waals surface area contributed by atoms with Crippen molar-refractivity contribution in [1.29, 1.82) is 0 Å². The molecule has 27 heavy (non-hydrogen) atoms. The zero-order chi connectivity index (χ0) is 20.2. The van der Waals surface area contributed by atoms with Crippen LogP contribution in [0.1, 0.15) is 13.8 Å². The smallest absolute Gasteiger partial charge is 0.319 e. The first kappa shape index (κ1) is 20.5. The highest BCUT2D eigenvalue weighted by molar-refractivity contribution is 7.89. The number of nitrogens with two attached hydrogens (primary N) is 1. The second-order valence-electron chi connectivity index (χ2n) is 6.37. The van der Waals surface area contributed by atoms with Gasteiger partial charge < -0.3 is 21.1 Å². The summed E-state index contributed by atoms with van der Waals surface area (Å²) < 4.78 is 32.2. The number of anilines is 2. The largest absolute Gasteiger partial charge is 0.456 e. The maximum atomic E-state index is 12.7.